The average Bonchev–Trinajstić information content (AvgIpc) is 3.12. The molecule has 1 aliphatic heterocycles. The maximum absolute atomic E-state index is 12.6. The van der Waals surface area contributed by atoms with Crippen molar-refractivity contribution in [1.82, 2.24) is 5.32 Å². The SMILES string of the molecule is CC(C)C[C@@H](NC(=O)C1=C[C@@H](Oc2ccc3c(c2)OCO3)[C@H](O)[C@H](O)C1)C(N)=O. The van der Waals surface area contributed by atoms with E-state index >= 15 is 0 Å². The molecule has 4 atom stereocenters. The van der Waals surface area contributed by atoms with Gasteiger partial charge in [0, 0.05) is 18.1 Å². The molecule has 0 saturated carbocycles. The van der Waals surface area contributed by atoms with E-state index in [0.717, 1.165) is 0 Å². The van der Waals surface area contributed by atoms with Crippen molar-refractivity contribution in [3.63, 3.8) is 0 Å². The lowest BCUT2D eigenvalue weighted by Crippen LogP contribution is -2.49. The lowest BCUT2D eigenvalue weighted by molar-refractivity contribution is -0.126. The Morgan fingerprint density at radius 1 is 1.28 bits per heavy atom. The van der Waals surface area contributed by atoms with Crippen LogP contribution in [-0.4, -0.2) is 53.2 Å². The van der Waals surface area contributed by atoms with Gasteiger partial charge in [-0.15, -0.1) is 0 Å². The van der Waals surface area contributed by atoms with Gasteiger partial charge >= 0.3 is 0 Å². The maximum Gasteiger partial charge on any atom is 0.247 e. The fourth-order valence-electron chi connectivity index (χ4n) is 3.28. The van der Waals surface area contributed by atoms with Gasteiger partial charge in [0.25, 0.3) is 0 Å². The Hall–Kier alpha value is -2.78. The Labute approximate surface area is 168 Å². The molecule has 158 valence electrons. The first-order chi connectivity index (χ1) is 13.7. The van der Waals surface area contributed by atoms with Crippen LogP contribution in [0.4, 0.5) is 0 Å². The van der Waals surface area contributed by atoms with E-state index in [1.54, 1.807) is 18.2 Å². The standard InChI is InChI=1S/C20H26N2O7/c1-10(2)5-13(19(21)25)22-20(26)11-6-14(23)18(24)17(7-11)29-12-3-4-15-16(8-12)28-9-27-15/h3-4,7-8,10,13-14,17-18,23-24H,5-6,9H2,1-2H3,(H2,21,25)(H,22,26)/t13-,14-,17-,18-/m1/s1. The van der Waals surface area contributed by atoms with E-state index in [2.05, 4.69) is 5.32 Å². The molecular weight excluding hydrogens is 380 g/mol. The second kappa shape index (κ2) is 8.71. The molecule has 0 unspecified atom stereocenters. The number of amides is 2. The number of nitrogens with two attached hydrogens (primary N) is 1. The van der Waals surface area contributed by atoms with Gasteiger partial charge in [0.05, 0.1) is 6.10 Å². The van der Waals surface area contributed by atoms with Crippen molar-refractivity contribution in [2.45, 2.75) is 51.0 Å². The van der Waals surface area contributed by atoms with Gasteiger partial charge in [-0.05, 0) is 30.5 Å². The minimum atomic E-state index is -1.22. The van der Waals surface area contributed by atoms with Crippen LogP contribution < -0.4 is 25.3 Å². The Kier molecular flexibility index (Phi) is 6.29. The van der Waals surface area contributed by atoms with Crippen LogP contribution in [0.5, 0.6) is 17.2 Å². The average molecular weight is 406 g/mol. The molecule has 9 nitrogen and oxygen atoms in total. The molecule has 2 amide bonds. The number of carbonyl (C=O) groups is 2. The summed E-state index contributed by atoms with van der Waals surface area (Å²) in [5, 5.41) is 23.1. The van der Waals surface area contributed by atoms with E-state index in [9.17, 15) is 19.8 Å². The molecule has 0 spiro atoms. The Bertz CT molecular complexity index is 808. The molecular formula is C20H26N2O7. The summed E-state index contributed by atoms with van der Waals surface area (Å²) >= 11 is 0. The third-order valence-electron chi connectivity index (χ3n) is 4.79. The normalized spacial score (nSPS) is 24.0. The quantitative estimate of drug-likeness (QED) is 0.508. The highest BCUT2D eigenvalue weighted by Crippen LogP contribution is 2.36. The number of benzene rings is 1. The highest BCUT2D eigenvalue weighted by atomic mass is 16.7. The third kappa shape index (κ3) is 4.99. The molecule has 1 heterocycles. The molecule has 9 heteroatoms. The minimum Gasteiger partial charge on any atom is -0.483 e. The summed E-state index contributed by atoms with van der Waals surface area (Å²) in [6.45, 7) is 3.94. The molecule has 2 aliphatic rings. The van der Waals surface area contributed by atoms with Gasteiger partial charge in [-0.1, -0.05) is 13.8 Å². The van der Waals surface area contributed by atoms with E-state index in [0.29, 0.717) is 23.7 Å². The van der Waals surface area contributed by atoms with Gasteiger partial charge in [-0.25, -0.2) is 0 Å². The lowest BCUT2D eigenvalue weighted by atomic mass is 9.91. The zero-order chi connectivity index (χ0) is 21.1. The number of aliphatic hydroxyl groups excluding tert-OH is 2. The predicted octanol–water partition coefficient (Wildman–Crippen LogP) is 0.231. The molecule has 1 aromatic rings. The number of nitrogens with one attached hydrogen (secondary N) is 1. The van der Waals surface area contributed by atoms with Crippen molar-refractivity contribution >= 4 is 11.8 Å². The molecule has 0 aromatic heterocycles. The van der Waals surface area contributed by atoms with Crippen molar-refractivity contribution in [1.29, 1.82) is 0 Å². The molecule has 0 saturated heterocycles. The molecule has 1 aliphatic carbocycles. The topological polar surface area (TPSA) is 140 Å². The van der Waals surface area contributed by atoms with Crippen molar-refractivity contribution in [3.8, 4) is 17.2 Å². The summed E-state index contributed by atoms with van der Waals surface area (Å²) in [7, 11) is 0. The molecule has 0 radical (unpaired) electrons. The number of rotatable bonds is 7. The molecule has 3 rings (SSSR count). The van der Waals surface area contributed by atoms with E-state index in [1.165, 1.54) is 6.08 Å². The monoisotopic (exact) mass is 406 g/mol. The predicted molar refractivity (Wildman–Crippen MR) is 102 cm³/mol. The molecule has 1 aromatic carbocycles. The van der Waals surface area contributed by atoms with E-state index in [-0.39, 0.29) is 24.7 Å². The van der Waals surface area contributed by atoms with Crippen LogP contribution in [0.3, 0.4) is 0 Å². The fourth-order valence-corrected chi connectivity index (χ4v) is 3.28. The highest BCUT2D eigenvalue weighted by molar-refractivity contribution is 5.97. The Balaban J connectivity index is 1.74. The number of fused-ring (bicyclic) bond motifs is 1. The summed E-state index contributed by atoms with van der Waals surface area (Å²) in [4.78, 5) is 24.2. The molecule has 29 heavy (non-hydrogen) atoms. The van der Waals surface area contributed by atoms with Crippen LogP contribution in [0, 0.1) is 5.92 Å². The first-order valence-corrected chi connectivity index (χ1v) is 9.48. The lowest BCUT2D eigenvalue weighted by Gasteiger charge is -2.31. The zero-order valence-corrected chi connectivity index (χ0v) is 16.3. The largest absolute Gasteiger partial charge is 0.483 e. The highest BCUT2D eigenvalue weighted by Gasteiger charge is 2.35. The molecule has 0 bridgehead atoms. The van der Waals surface area contributed by atoms with Gasteiger partial charge in [-0.3, -0.25) is 9.59 Å². The van der Waals surface area contributed by atoms with Gasteiger partial charge < -0.3 is 35.5 Å². The third-order valence-corrected chi connectivity index (χ3v) is 4.79. The first kappa shape index (κ1) is 20.9. The number of carbonyl (C=O) groups excluding carboxylic acids is 2. The summed E-state index contributed by atoms with van der Waals surface area (Å²) in [5.74, 6) is 0.478. The smallest absolute Gasteiger partial charge is 0.247 e. The maximum atomic E-state index is 12.6. The van der Waals surface area contributed by atoms with E-state index < -0.39 is 36.2 Å². The van der Waals surface area contributed by atoms with Crippen molar-refractivity contribution in [3.05, 3.63) is 29.8 Å². The number of ether oxygens (including phenoxy) is 3. The summed E-state index contributed by atoms with van der Waals surface area (Å²) < 4.78 is 16.3. The second-order valence-electron chi connectivity index (χ2n) is 7.61. The number of primary amides is 1. The van der Waals surface area contributed by atoms with Crippen LogP contribution in [0.25, 0.3) is 0 Å². The van der Waals surface area contributed by atoms with Crippen molar-refractivity contribution in [2.24, 2.45) is 11.7 Å². The van der Waals surface area contributed by atoms with Gasteiger partial charge in [0.2, 0.25) is 18.6 Å². The van der Waals surface area contributed by atoms with Gasteiger partial charge in [0.15, 0.2) is 11.5 Å². The first-order valence-electron chi connectivity index (χ1n) is 9.48. The summed E-state index contributed by atoms with van der Waals surface area (Å²) in [5.41, 5.74) is 5.59. The van der Waals surface area contributed by atoms with Gasteiger partial charge in [0.1, 0.15) is 24.0 Å². The number of hydrogen-bond acceptors (Lipinski definition) is 7. The number of hydrogen-bond donors (Lipinski definition) is 4. The van der Waals surface area contributed by atoms with Crippen LogP contribution in [0.15, 0.2) is 29.8 Å². The van der Waals surface area contributed by atoms with E-state index in [1.807, 2.05) is 13.8 Å². The fraction of sp³-hybridized carbons (Fsp3) is 0.500. The van der Waals surface area contributed by atoms with E-state index in [4.69, 9.17) is 19.9 Å². The van der Waals surface area contributed by atoms with Gasteiger partial charge in [-0.2, -0.15) is 0 Å². The van der Waals surface area contributed by atoms with Crippen molar-refractivity contribution in [2.75, 3.05) is 6.79 Å². The van der Waals surface area contributed by atoms with Crippen LogP contribution >= 0.6 is 0 Å². The Morgan fingerprint density at radius 3 is 2.69 bits per heavy atom. The van der Waals surface area contributed by atoms with Crippen LogP contribution in [0.1, 0.15) is 26.7 Å². The zero-order valence-electron chi connectivity index (χ0n) is 16.3. The van der Waals surface area contributed by atoms with Crippen LogP contribution in [-0.2, 0) is 9.59 Å². The second-order valence-corrected chi connectivity index (χ2v) is 7.61. The number of aliphatic hydroxyl groups is 2. The van der Waals surface area contributed by atoms with Crippen LogP contribution in [0.2, 0.25) is 0 Å². The summed E-state index contributed by atoms with van der Waals surface area (Å²) in [6.07, 6.45) is -1.60. The Morgan fingerprint density at radius 2 is 2.00 bits per heavy atom. The van der Waals surface area contributed by atoms with Crippen molar-refractivity contribution < 1.29 is 34.0 Å². The minimum absolute atomic E-state index is 0.0683. The molecule has 5 N–H and O–H groups in total. The molecule has 0 fully saturated rings. The summed E-state index contributed by atoms with van der Waals surface area (Å²) in [6, 6.07) is 4.10.